The first-order valence-electron chi connectivity index (χ1n) is 7.82. The number of nitrogens with zero attached hydrogens (tertiary/aromatic N) is 1. The molecule has 0 spiro atoms. The van der Waals surface area contributed by atoms with E-state index in [2.05, 4.69) is 0 Å². The molecule has 0 radical (unpaired) electrons. The SMILES string of the molecule is COc1cccc(C(=O)N(CCC(=O)O)Cc2ccccc2)c1OC. The molecular weight excluding hydrogens is 322 g/mol. The van der Waals surface area contributed by atoms with Gasteiger partial charge in [0.1, 0.15) is 0 Å². The van der Waals surface area contributed by atoms with Crippen molar-refractivity contribution >= 4 is 11.9 Å². The number of para-hydroxylation sites is 1. The molecule has 1 amide bonds. The molecule has 2 rings (SSSR count). The molecular formula is C19H21NO5. The van der Waals surface area contributed by atoms with E-state index in [9.17, 15) is 9.59 Å². The fourth-order valence-corrected chi connectivity index (χ4v) is 2.51. The highest BCUT2D eigenvalue weighted by Crippen LogP contribution is 2.31. The van der Waals surface area contributed by atoms with E-state index in [-0.39, 0.29) is 18.9 Å². The molecule has 0 heterocycles. The van der Waals surface area contributed by atoms with Crippen molar-refractivity contribution in [3.05, 3.63) is 59.7 Å². The second kappa shape index (κ2) is 8.73. The van der Waals surface area contributed by atoms with E-state index in [0.29, 0.717) is 23.6 Å². The number of methoxy groups -OCH3 is 2. The minimum Gasteiger partial charge on any atom is -0.493 e. The molecule has 0 saturated carbocycles. The van der Waals surface area contributed by atoms with Crippen molar-refractivity contribution in [1.29, 1.82) is 0 Å². The summed E-state index contributed by atoms with van der Waals surface area (Å²) in [6.45, 7) is 0.413. The van der Waals surface area contributed by atoms with Gasteiger partial charge in [0.05, 0.1) is 26.2 Å². The van der Waals surface area contributed by atoms with Crippen LogP contribution < -0.4 is 9.47 Å². The summed E-state index contributed by atoms with van der Waals surface area (Å²) in [5, 5.41) is 8.98. The fraction of sp³-hybridized carbons (Fsp3) is 0.263. The van der Waals surface area contributed by atoms with Gasteiger partial charge < -0.3 is 19.5 Å². The number of carbonyl (C=O) groups excluding carboxylic acids is 1. The van der Waals surface area contributed by atoms with Crippen LogP contribution in [-0.4, -0.2) is 42.6 Å². The van der Waals surface area contributed by atoms with Crippen molar-refractivity contribution < 1.29 is 24.2 Å². The number of amides is 1. The zero-order valence-electron chi connectivity index (χ0n) is 14.3. The van der Waals surface area contributed by atoms with Crippen LogP contribution in [0.3, 0.4) is 0 Å². The van der Waals surface area contributed by atoms with Crippen molar-refractivity contribution in [3.63, 3.8) is 0 Å². The van der Waals surface area contributed by atoms with Crippen LogP contribution in [0.15, 0.2) is 48.5 Å². The third-order valence-electron chi connectivity index (χ3n) is 3.73. The van der Waals surface area contributed by atoms with Crippen LogP contribution in [0.4, 0.5) is 0 Å². The number of benzene rings is 2. The predicted molar refractivity (Wildman–Crippen MR) is 93.0 cm³/mol. The Hall–Kier alpha value is -3.02. The van der Waals surface area contributed by atoms with E-state index in [1.54, 1.807) is 18.2 Å². The Morgan fingerprint density at radius 1 is 1.00 bits per heavy atom. The molecule has 0 aliphatic carbocycles. The van der Waals surface area contributed by atoms with Crippen LogP contribution in [0, 0.1) is 0 Å². The molecule has 6 heteroatoms. The summed E-state index contributed by atoms with van der Waals surface area (Å²) in [6, 6.07) is 14.5. The van der Waals surface area contributed by atoms with Gasteiger partial charge in [-0.15, -0.1) is 0 Å². The number of carbonyl (C=O) groups is 2. The van der Waals surface area contributed by atoms with Gasteiger partial charge in [0.2, 0.25) is 0 Å². The van der Waals surface area contributed by atoms with Gasteiger partial charge in [0, 0.05) is 13.1 Å². The molecule has 2 aromatic rings. The van der Waals surface area contributed by atoms with Crippen LogP contribution >= 0.6 is 0 Å². The van der Waals surface area contributed by atoms with E-state index in [1.165, 1.54) is 19.1 Å². The Bertz CT molecular complexity index is 730. The van der Waals surface area contributed by atoms with E-state index in [1.807, 2.05) is 30.3 Å². The lowest BCUT2D eigenvalue weighted by molar-refractivity contribution is -0.137. The first kappa shape index (κ1) is 18.3. The molecule has 2 aromatic carbocycles. The van der Waals surface area contributed by atoms with Gasteiger partial charge in [-0.25, -0.2) is 0 Å². The first-order chi connectivity index (χ1) is 12.1. The number of ether oxygens (including phenoxy) is 2. The van der Waals surface area contributed by atoms with E-state index in [4.69, 9.17) is 14.6 Å². The lowest BCUT2D eigenvalue weighted by Gasteiger charge is -2.23. The predicted octanol–water partition coefficient (Wildman–Crippen LogP) is 2.82. The number of rotatable bonds is 8. The number of hydrogen-bond acceptors (Lipinski definition) is 4. The second-order valence-electron chi connectivity index (χ2n) is 5.40. The molecule has 132 valence electrons. The average molecular weight is 343 g/mol. The highest BCUT2D eigenvalue weighted by molar-refractivity contribution is 5.98. The molecule has 0 aliphatic heterocycles. The van der Waals surface area contributed by atoms with Gasteiger partial charge in [-0.1, -0.05) is 36.4 Å². The molecule has 6 nitrogen and oxygen atoms in total. The zero-order valence-corrected chi connectivity index (χ0v) is 14.3. The second-order valence-corrected chi connectivity index (χ2v) is 5.40. The third kappa shape index (κ3) is 4.73. The molecule has 0 saturated heterocycles. The Morgan fingerprint density at radius 3 is 2.32 bits per heavy atom. The minimum atomic E-state index is -0.955. The van der Waals surface area contributed by atoms with Gasteiger partial charge >= 0.3 is 5.97 Å². The molecule has 0 atom stereocenters. The van der Waals surface area contributed by atoms with Gasteiger partial charge in [-0.2, -0.15) is 0 Å². The minimum absolute atomic E-state index is 0.101. The summed E-state index contributed by atoms with van der Waals surface area (Å²) < 4.78 is 10.6. The number of hydrogen-bond donors (Lipinski definition) is 1. The van der Waals surface area contributed by atoms with Crippen LogP contribution in [0.1, 0.15) is 22.3 Å². The Kier molecular flexibility index (Phi) is 6.39. The smallest absolute Gasteiger partial charge is 0.305 e. The van der Waals surface area contributed by atoms with Crippen molar-refractivity contribution in [1.82, 2.24) is 4.90 Å². The van der Waals surface area contributed by atoms with Gasteiger partial charge in [-0.3, -0.25) is 9.59 Å². The standard InChI is InChI=1S/C19H21NO5/c1-24-16-10-6-9-15(18(16)25-2)19(23)20(12-11-17(21)22)13-14-7-4-3-5-8-14/h3-10H,11-13H2,1-2H3,(H,21,22). The maximum absolute atomic E-state index is 13.0. The Balaban J connectivity index is 2.32. The highest BCUT2D eigenvalue weighted by Gasteiger charge is 2.22. The Labute approximate surface area is 146 Å². The van der Waals surface area contributed by atoms with Crippen molar-refractivity contribution in [3.8, 4) is 11.5 Å². The van der Waals surface area contributed by atoms with E-state index < -0.39 is 5.97 Å². The Morgan fingerprint density at radius 2 is 1.72 bits per heavy atom. The summed E-state index contributed by atoms with van der Waals surface area (Å²) in [5.41, 5.74) is 1.26. The summed E-state index contributed by atoms with van der Waals surface area (Å²) in [7, 11) is 2.96. The molecule has 0 fully saturated rings. The van der Waals surface area contributed by atoms with Gasteiger partial charge in [-0.05, 0) is 17.7 Å². The lowest BCUT2D eigenvalue weighted by atomic mass is 10.1. The van der Waals surface area contributed by atoms with E-state index >= 15 is 0 Å². The highest BCUT2D eigenvalue weighted by atomic mass is 16.5. The average Bonchev–Trinajstić information content (AvgIpc) is 2.64. The molecule has 0 unspecified atom stereocenters. The summed E-state index contributed by atoms with van der Waals surface area (Å²) in [5.74, 6) is -0.473. The normalized spacial score (nSPS) is 10.2. The number of carboxylic acids is 1. The monoisotopic (exact) mass is 343 g/mol. The van der Waals surface area contributed by atoms with Crippen LogP contribution in [0.25, 0.3) is 0 Å². The summed E-state index contributed by atoms with van der Waals surface area (Å²) in [6.07, 6.45) is -0.134. The van der Waals surface area contributed by atoms with Crippen LogP contribution in [0.2, 0.25) is 0 Å². The van der Waals surface area contributed by atoms with Gasteiger partial charge in [0.15, 0.2) is 11.5 Å². The zero-order chi connectivity index (χ0) is 18.2. The van der Waals surface area contributed by atoms with Crippen molar-refractivity contribution in [2.24, 2.45) is 0 Å². The van der Waals surface area contributed by atoms with Crippen molar-refractivity contribution in [2.45, 2.75) is 13.0 Å². The fourth-order valence-electron chi connectivity index (χ4n) is 2.51. The molecule has 1 N–H and O–H groups in total. The van der Waals surface area contributed by atoms with Gasteiger partial charge in [0.25, 0.3) is 5.91 Å². The largest absolute Gasteiger partial charge is 0.493 e. The summed E-state index contributed by atoms with van der Waals surface area (Å²) in [4.78, 5) is 25.5. The topological polar surface area (TPSA) is 76.1 Å². The quantitative estimate of drug-likeness (QED) is 0.798. The van der Waals surface area contributed by atoms with Crippen LogP contribution in [0.5, 0.6) is 11.5 Å². The molecule has 25 heavy (non-hydrogen) atoms. The maximum atomic E-state index is 13.0. The van der Waals surface area contributed by atoms with Crippen LogP contribution in [-0.2, 0) is 11.3 Å². The third-order valence-corrected chi connectivity index (χ3v) is 3.73. The molecule has 0 aromatic heterocycles. The molecule has 0 aliphatic rings. The number of carboxylic acid groups (broad SMARTS) is 1. The summed E-state index contributed by atoms with van der Waals surface area (Å²) >= 11 is 0. The maximum Gasteiger partial charge on any atom is 0.305 e. The number of aliphatic carboxylic acids is 1. The van der Waals surface area contributed by atoms with Crippen molar-refractivity contribution in [2.75, 3.05) is 20.8 Å². The molecule has 0 bridgehead atoms. The van der Waals surface area contributed by atoms with E-state index in [0.717, 1.165) is 5.56 Å². The lowest BCUT2D eigenvalue weighted by Crippen LogP contribution is -2.33. The first-order valence-corrected chi connectivity index (χ1v) is 7.82.